The van der Waals surface area contributed by atoms with Crippen LogP contribution in [0.1, 0.15) is 44.9 Å². The molecule has 4 aliphatic carbocycles. The number of aliphatic hydroxyl groups excluding tert-OH is 2. The van der Waals surface area contributed by atoms with Gasteiger partial charge in [0.25, 0.3) is 0 Å². The molecular weight excluding hydrogens is 288 g/mol. The second kappa shape index (κ2) is 5.69. The van der Waals surface area contributed by atoms with E-state index in [1.165, 1.54) is 38.5 Å². The summed E-state index contributed by atoms with van der Waals surface area (Å²) in [4.78, 5) is 0. The largest absolute Gasteiger partial charge is 0.390 e. The summed E-state index contributed by atoms with van der Waals surface area (Å²) in [6.07, 6.45) is 7.93. The van der Waals surface area contributed by atoms with Crippen molar-refractivity contribution in [3.63, 3.8) is 0 Å². The minimum Gasteiger partial charge on any atom is -0.390 e. The lowest BCUT2D eigenvalue weighted by Gasteiger charge is -2.58. The van der Waals surface area contributed by atoms with Crippen molar-refractivity contribution in [2.45, 2.75) is 69.2 Å². The molecule has 0 spiro atoms. The molecule has 10 atom stereocenters. The summed E-state index contributed by atoms with van der Waals surface area (Å²) >= 11 is 0. The van der Waals surface area contributed by atoms with Gasteiger partial charge in [0.1, 0.15) is 0 Å². The van der Waals surface area contributed by atoms with Crippen molar-refractivity contribution in [2.24, 2.45) is 35.5 Å². The van der Waals surface area contributed by atoms with Crippen LogP contribution in [0, 0.1) is 35.5 Å². The Morgan fingerprint density at radius 2 is 1.39 bits per heavy atom. The molecule has 1 aliphatic heterocycles. The number of rotatable bonds is 0. The summed E-state index contributed by atoms with van der Waals surface area (Å²) in [5, 5.41) is 29.3. The van der Waals surface area contributed by atoms with Gasteiger partial charge in [-0.2, -0.15) is 0 Å². The van der Waals surface area contributed by atoms with E-state index in [4.69, 9.17) is 0 Å². The third-order valence-corrected chi connectivity index (χ3v) is 8.34. The van der Waals surface area contributed by atoms with E-state index >= 15 is 0 Å². The fourth-order valence-corrected chi connectivity index (χ4v) is 7.45. The Bertz CT molecular complexity index is 459. The van der Waals surface area contributed by atoms with Crippen LogP contribution in [0.15, 0.2) is 0 Å². The summed E-state index contributed by atoms with van der Waals surface area (Å²) in [5.41, 5.74) is 0. The van der Waals surface area contributed by atoms with E-state index in [-0.39, 0.29) is 0 Å². The first-order chi connectivity index (χ1) is 11.2. The van der Waals surface area contributed by atoms with E-state index in [1.54, 1.807) is 0 Å². The quantitative estimate of drug-likeness (QED) is 0.540. The molecule has 0 radical (unpaired) electrons. The topological polar surface area (TPSA) is 64.5 Å². The lowest BCUT2D eigenvalue weighted by molar-refractivity contribution is -0.173. The van der Waals surface area contributed by atoms with E-state index < -0.39 is 12.2 Å². The Morgan fingerprint density at radius 3 is 2.17 bits per heavy atom. The molecule has 5 aliphatic rings. The van der Waals surface area contributed by atoms with Gasteiger partial charge in [-0.1, -0.05) is 12.8 Å². The highest BCUT2D eigenvalue weighted by molar-refractivity contribution is 5.09. The third kappa shape index (κ3) is 2.25. The summed E-state index contributed by atoms with van der Waals surface area (Å²) in [6.45, 7) is 2.11. The highest BCUT2D eigenvalue weighted by atomic mass is 16.3. The average Bonchev–Trinajstić information content (AvgIpc) is 3.06. The molecule has 4 N–H and O–H groups in total. The van der Waals surface area contributed by atoms with Crippen LogP contribution in [-0.4, -0.2) is 47.6 Å². The summed E-state index contributed by atoms with van der Waals surface area (Å²) < 4.78 is 0. The zero-order valence-electron chi connectivity index (χ0n) is 14.0. The van der Waals surface area contributed by atoms with Crippen molar-refractivity contribution in [3.8, 4) is 0 Å². The lowest BCUT2D eigenvalue weighted by atomic mass is 9.51. The number of nitrogens with one attached hydrogen (secondary N) is 2. The Balaban J connectivity index is 1.44. The van der Waals surface area contributed by atoms with Gasteiger partial charge >= 0.3 is 0 Å². The van der Waals surface area contributed by atoms with Crippen molar-refractivity contribution < 1.29 is 10.2 Å². The molecule has 0 aromatic rings. The van der Waals surface area contributed by atoms with Crippen LogP contribution in [0.25, 0.3) is 0 Å². The Labute approximate surface area is 139 Å². The van der Waals surface area contributed by atoms with Crippen LogP contribution in [-0.2, 0) is 0 Å². The van der Waals surface area contributed by atoms with Crippen LogP contribution in [0.3, 0.4) is 0 Å². The first kappa shape index (κ1) is 15.1. The molecular formula is C19H32N2O2. The van der Waals surface area contributed by atoms with Gasteiger partial charge in [-0.05, 0) is 67.6 Å². The predicted molar refractivity (Wildman–Crippen MR) is 88.9 cm³/mol. The van der Waals surface area contributed by atoms with Crippen LogP contribution in [0.4, 0.5) is 0 Å². The second-order valence-corrected chi connectivity index (χ2v) is 9.07. The van der Waals surface area contributed by atoms with Crippen molar-refractivity contribution in [1.29, 1.82) is 0 Å². The molecule has 23 heavy (non-hydrogen) atoms. The van der Waals surface area contributed by atoms with E-state index in [1.807, 2.05) is 0 Å². The number of fused-ring (bicyclic) bond motifs is 6. The highest BCUT2D eigenvalue weighted by Crippen LogP contribution is 2.57. The second-order valence-electron chi connectivity index (χ2n) is 9.07. The van der Waals surface area contributed by atoms with E-state index in [0.29, 0.717) is 41.7 Å². The fraction of sp³-hybridized carbons (Fsp3) is 1.00. The van der Waals surface area contributed by atoms with E-state index in [9.17, 15) is 10.2 Å². The SMILES string of the molecule is OC1C(O)C2C3CCCC3CCC2C2CC3NCCNC3CC12. The van der Waals surface area contributed by atoms with Crippen LogP contribution >= 0.6 is 0 Å². The van der Waals surface area contributed by atoms with E-state index in [2.05, 4.69) is 10.6 Å². The van der Waals surface area contributed by atoms with E-state index in [0.717, 1.165) is 25.4 Å². The maximum absolute atomic E-state index is 11.0. The zero-order chi connectivity index (χ0) is 15.6. The van der Waals surface area contributed by atoms with Gasteiger partial charge in [-0.25, -0.2) is 0 Å². The number of aliphatic hydroxyl groups is 2. The van der Waals surface area contributed by atoms with Crippen molar-refractivity contribution in [1.82, 2.24) is 10.6 Å². The molecule has 1 heterocycles. The monoisotopic (exact) mass is 320 g/mol. The first-order valence-corrected chi connectivity index (χ1v) is 10.1. The van der Waals surface area contributed by atoms with Gasteiger partial charge in [0.15, 0.2) is 0 Å². The van der Waals surface area contributed by atoms with Crippen LogP contribution in [0.5, 0.6) is 0 Å². The molecule has 0 amide bonds. The minimum absolute atomic E-state index is 0.304. The minimum atomic E-state index is -0.495. The fourth-order valence-electron chi connectivity index (χ4n) is 7.45. The Kier molecular flexibility index (Phi) is 3.74. The number of hydrogen-bond acceptors (Lipinski definition) is 4. The van der Waals surface area contributed by atoms with Gasteiger partial charge in [0.2, 0.25) is 0 Å². The van der Waals surface area contributed by atoms with Gasteiger partial charge in [-0.15, -0.1) is 0 Å². The maximum atomic E-state index is 11.0. The Morgan fingerprint density at radius 1 is 0.652 bits per heavy atom. The predicted octanol–water partition coefficient (Wildman–Crippen LogP) is 1.12. The summed E-state index contributed by atoms with van der Waals surface area (Å²) in [5.74, 6) is 3.48. The molecule has 10 unspecified atom stereocenters. The van der Waals surface area contributed by atoms with Gasteiger partial charge < -0.3 is 20.8 Å². The molecule has 0 bridgehead atoms. The molecule has 0 aromatic heterocycles. The van der Waals surface area contributed by atoms with Crippen molar-refractivity contribution in [2.75, 3.05) is 13.1 Å². The van der Waals surface area contributed by atoms with Crippen molar-refractivity contribution >= 4 is 0 Å². The molecule has 4 saturated carbocycles. The molecule has 0 aromatic carbocycles. The standard InChI is InChI=1S/C19H32N2O2/c22-18-14-9-16-15(20-6-7-21-16)8-13(14)12-5-4-10-2-1-3-11(10)17(12)19(18)23/h10-23H,1-9H2. The average molecular weight is 320 g/mol. The van der Waals surface area contributed by atoms with Crippen LogP contribution < -0.4 is 10.6 Å². The molecule has 130 valence electrons. The smallest absolute Gasteiger partial charge is 0.0835 e. The Hall–Kier alpha value is -0.160. The summed E-state index contributed by atoms with van der Waals surface area (Å²) in [6, 6.07) is 1.07. The zero-order valence-corrected chi connectivity index (χ0v) is 14.0. The van der Waals surface area contributed by atoms with Crippen molar-refractivity contribution in [3.05, 3.63) is 0 Å². The normalized spacial score (nSPS) is 58.7. The molecule has 4 nitrogen and oxygen atoms in total. The lowest BCUT2D eigenvalue weighted by Crippen LogP contribution is -2.66. The number of piperazine rings is 1. The highest BCUT2D eigenvalue weighted by Gasteiger charge is 2.57. The molecule has 4 heteroatoms. The van der Waals surface area contributed by atoms with Gasteiger partial charge in [0, 0.05) is 25.2 Å². The molecule has 5 rings (SSSR count). The first-order valence-electron chi connectivity index (χ1n) is 10.1. The van der Waals surface area contributed by atoms with Crippen LogP contribution in [0.2, 0.25) is 0 Å². The van der Waals surface area contributed by atoms with Gasteiger partial charge in [0.05, 0.1) is 12.2 Å². The molecule has 1 saturated heterocycles. The summed E-state index contributed by atoms with van der Waals surface area (Å²) in [7, 11) is 0. The number of hydrogen-bond donors (Lipinski definition) is 4. The third-order valence-electron chi connectivity index (χ3n) is 8.34. The maximum Gasteiger partial charge on any atom is 0.0835 e. The molecule has 5 fully saturated rings. The van der Waals surface area contributed by atoms with Gasteiger partial charge in [-0.3, -0.25) is 0 Å².